The molecule has 20 heavy (non-hydrogen) atoms. The van der Waals surface area contributed by atoms with Crippen LogP contribution in [0, 0.1) is 12.7 Å². The van der Waals surface area contributed by atoms with Gasteiger partial charge in [-0.1, -0.05) is 13.0 Å². The van der Waals surface area contributed by atoms with E-state index in [0.717, 1.165) is 11.8 Å². The number of carboxylic acid groups (broad SMARTS) is 1. The fourth-order valence-electron chi connectivity index (χ4n) is 1.86. The Balaban J connectivity index is 2.45. The summed E-state index contributed by atoms with van der Waals surface area (Å²) in [5, 5.41) is 9.06. The van der Waals surface area contributed by atoms with E-state index in [1.807, 2.05) is 13.8 Å². The van der Waals surface area contributed by atoms with Crippen molar-refractivity contribution in [3.8, 4) is 11.5 Å². The third-order valence-corrected chi connectivity index (χ3v) is 2.82. The number of rotatable bonds is 4. The van der Waals surface area contributed by atoms with E-state index in [1.54, 1.807) is 12.1 Å². The van der Waals surface area contributed by atoms with Crippen LogP contribution in [0.25, 0.3) is 0 Å². The lowest BCUT2D eigenvalue weighted by Gasteiger charge is -2.12. The second kappa shape index (κ2) is 5.69. The van der Waals surface area contributed by atoms with Crippen molar-refractivity contribution < 1.29 is 19.0 Å². The van der Waals surface area contributed by atoms with E-state index in [1.165, 1.54) is 12.1 Å². The second-order valence-corrected chi connectivity index (χ2v) is 4.27. The quantitative estimate of drug-likeness (QED) is 0.926. The summed E-state index contributed by atoms with van der Waals surface area (Å²) >= 11 is 0. The van der Waals surface area contributed by atoms with Crippen LogP contribution in [0.3, 0.4) is 0 Å². The molecule has 5 heteroatoms. The number of hydrogen-bond acceptors (Lipinski definition) is 3. The number of hydrogen-bond donors (Lipinski definition) is 1. The van der Waals surface area contributed by atoms with Gasteiger partial charge in [-0.25, -0.2) is 9.18 Å². The van der Waals surface area contributed by atoms with Gasteiger partial charge in [0, 0.05) is 5.69 Å². The number of ether oxygens (including phenoxy) is 1. The highest BCUT2D eigenvalue weighted by molar-refractivity contribution is 5.91. The average Bonchev–Trinajstić information content (AvgIpc) is 2.40. The first-order valence-electron chi connectivity index (χ1n) is 6.19. The number of aromatic nitrogens is 1. The number of aryl methyl sites for hydroxylation is 2. The van der Waals surface area contributed by atoms with Gasteiger partial charge in [-0.2, -0.15) is 0 Å². The molecular formula is C15H14FNO3. The molecule has 104 valence electrons. The van der Waals surface area contributed by atoms with Crippen molar-refractivity contribution in [1.82, 2.24) is 4.98 Å². The van der Waals surface area contributed by atoms with Gasteiger partial charge in [0.05, 0.1) is 5.69 Å². The Morgan fingerprint density at radius 3 is 2.70 bits per heavy atom. The molecule has 0 spiro atoms. The van der Waals surface area contributed by atoms with Gasteiger partial charge in [0.2, 0.25) is 0 Å². The fraction of sp³-hybridized carbons (Fsp3) is 0.200. The summed E-state index contributed by atoms with van der Waals surface area (Å²) in [6.45, 7) is 3.77. The number of halogens is 1. The number of nitrogens with zero attached hydrogens (tertiary/aromatic N) is 1. The van der Waals surface area contributed by atoms with E-state index in [9.17, 15) is 9.18 Å². The molecule has 4 nitrogen and oxygen atoms in total. The minimum absolute atomic E-state index is 0.0298. The molecule has 1 N–H and O–H groups in total. The highest BCUT2D eigenvalue weighted by Crippen LogP contribution is 2.29. The number of carboxylic acids is 1. The van der Waals surface area contributed by atoms with Crippen molar-refractivity contribution in [2.45, 2.75) is 20.3 Å². The monoisotopic (exact) mass is 275 g/mol. The lowest BCUT2D eigenvalue weighted by Crippen LogP contribution is -2.04. The summed E-state index contributed by atoms with van der Waals surface area (Å²) in [7, 11) is 0. The van der Waals surface area contributed by atoms with E-state index in [2.05, 4.69) is 4.98 Å². The topological polar surface area (TPSA) is 59.4 Å². The Labute approximate surface area is 115 Å². The van der Waals surface area contributed by atoms with Gasteiger partial charge < -0.3 is 9.84 Å². The maximum absolute atomic E-state index is 13.6. The van der Waals surface area contributed by atoms with Gasteiger partial charge in [0.1, 0.15) is 22.9 Å². The summed E-state index contributed by atoms with van der Waals surface area (Å²) in [5.41, 5.74) is 1.06. The molecule has 0 saturated heterocycles. The summed E-state index contributed by atoms with van der Waals surface area (Å²) < 4.78 is 19.1. The summed E-state index contributed by atoms with van der Waals surface area (Å²) in [5.74, 6) is -1.78. The van der Waals surface area contributed by atoms with E-state index in [0.29, 0.717) is 17.9 Å². The third-order valence-electron chi connectivity index (χ3n) is 2.82. The largest absolute Gasteiger partial charge is 0.477 e. The SMILES string of the molecule is CCc1nc(C)ccc1Oc1cccc(F)c1C(=O)O. The first-order chi connectivity index (χ1) is 9.52. The number of pyridine rings is 1. The summed E-state index contributed by atoms with van der Waals surface area (Å²) in [6.07, 6.45) is 0.634. The van der Waals surface area contributed by atoms with Gasteiger partial charge in [0.25, 0.3) is 0 Å². The van der Waals surface area contributed by atoms with Crippen LogP contribution in [0.15, 0.2) is 30.3 Å². The molecule has 0 aliphatic rings. The highest BCUT2D eigenvalue weighted by Gasteiger charge is 2.18. The minimum Gasteiger partial charge on any atom is -0.477 e. The van der Waals surface area contributed by atoms with E-state index >= 15 is 0 Å². The van der Waals surface area contributed by atoms with Crippen LogP contribution in [0.2, 0.25) is 0 Å². The molecule has 0 saturated carbocycles. The zero-order valence-electron chi connectivity index (χ0n) is 11.2. The molecule has 0 bridgehead atoms. The predicted octanol–water partition coefficient (Wildman–Crippen LogP) is 3.58. The van der Waals surface area contributed by atoms with Crippen LogP contribution >= 0.6 is 0 Å². The van der Waals surface area contributed by atoms with Crippen LogP contribution in [0.4, 0.5) is 4.39 Å². The van der Waals surface area contributed by atoms with E-state index < -0.39 is 17.3 Å². The normalized spacial score (nSPS) is 10.3. The minimum atomic E-state index is -1.36. The van der Waals surface area contributed by atoms with Crippen LogP contribution in [0.1, 0.15) is 28.7 Å². The first-order valence-corrected chi connectivity index (χ1v) is 6.19. The van der Waals surface area contributed by atoms with Crippen molar-refractivity contribution >= 4 is 5.97 Å². The molecule has 0 amide bonds. The van der Waals surface area contributed by atoms with Gasteiger partial charge in [-0.05, 0) is 37.6 Å². The molecule has 0 aliphatic heterocycles. The maximum Gasteiger partial charge on any atom is 0.342 e. The van der Waals surface area contributed by atoms with Gasteiger partial charge in [-0.15, -0.1) is 0 Å². The lowest BCUT2D eigenvalue weighted by atomic mass is 10.2. The molecular weight excluding hydrogens is 261 g/mol. The Morgan fingerprint density at radius 1 is 1.30 bits per heavy atom. The number of benzene rings is 1. The van der Waals surface area contributed by atoms with Crippen molar-refractivity contribution in [3.05, 3.63) is 53.1 Å². The zero-order valence-corrected chi connectivity index (χ0v) is 11.2. The first kappa shape index (κ1) is 14.0. The highest BCUT2D eigenvalue weighted by atomic mass is 19.1. The Morgan fingerprint density at radius 2 is 2.05 bits per heavy atom. The summed E-state index contributed by atoms with van der Waals surface area (Å²) in [6, 6.07) is 7.38. The van der Waals surface area contributed by atoms with Gasteiger partial charge in [0.15, 0.2) is 0 Å². The zero-order chi connectivity index (χ0) is 14.7. The van der Waals surface area contributed by atoms with Gasteiger partial charge in [-0.3, -0.25) is 4.98 Å². The molecule has 0 aliphatic carbocycles. The Bertz CT molecular complexity index is 656. The Hall–Kier alpha value is -2.43. The predicted molar refractivity (Wildman–Crippen MR) is 71.8 cm³/mol. The molecule has 2 rings (SSSR count). The molecule has 0 unspecified atom stereocenters. The van der Waals surface area contributed by atoms with Crippen molar-refractivity contribution in [2.24, 2.45) is 0 Å². The summed E-state index contributed by atoms with van der Waals surface area (Å²) in [4.78, 5) is 15.4. The molecule has 1 heterocycles. The third kappa shape index (κ3) is 2.77. The molecule has 0 fully saturated rings. The maximum atomic E-state index is 13.6. The smallest absolute Gasteiger partial charge is 0.342 e. The molecule has 1 aromatic heterocycles. The lowest BCUT2D eigenvalue weighted by molar-refractivity contribution is 0.0689. The van der Waals surface area contributed by atoms with Crippen molar-refractivity contribution in [2.75, 3.05) is 0 Å². The molecule has 1 aromatic carbocycles. The molecule has 0 atom stereocenters. The van der Waals surface area contributed by atoms with E-state index in [-0.39, 0.29) is 5.75 Å². The standard InChI is InChI=1S/C15H14FNO3/c1-3-11-12(8-7-9(2)17-11)20-13-6-4-5-10(16)14(13)15(18)19/h4-8H,3H2,1-2H3,(H,18,19). The van der Waals surface area contributed by atoms with Crippen molar-refractivity contribution in [1.29, 1.82) is 0 Å². The second-order valence-electron chi connectivity index (χ2n) is 4.27. The molecule has 2 aromatic rings. The fourth-order valence-corrected chi connectivity index (χ4v) is 1.86. The van der Waals surface area contributed by atoms with Crippen LogP contribution in [0.5, 0.6) is 11.5 Å². The van der Waals surface area contributed by atoms with E-state index in [4.69, 9.17) is 9.84 Å². The van der Waals surface area contributed by atoms with Gasteiger partial charge >= 0.3 is 5.97 Å². The average molecular weight is 275 g/mol. The number of carbonyl (C=O) groups is 1. The van der Waals surface area contributed by atoms with Crippen LogP contribution in [-0.4, -0.2) is 16.1 Å². The van der Waals surface area contributed by atoms with Crippen molar-refractivity contribution in [3.63, 3.8) is 0 Å². The Kier molecular flexibility index (Phi) is 3.98. The van der Waals surface area contributed by atoms with Crippen LogP contribution < -0.4 is 4.74 Å². The molecule has 0 radical (unpaired) electrons. The van der Waals surface area contributed by atoms with Crippen LogP contribution in [-0.2, 0) is 6.42 Å². The number of aromatic carboxylic acids is 1.